The zero-order chi connectivity index (χ0) is 13.9. The van der Waals surface area contributed by atoms with Crippen LogP contribution < -0.4 is 10.2 Å². The first-order valence-electron chi connectivity index (χ1n) is 6.32. The van der Waals surface area contributed by atoms with Crippen molar-refractivity contribution in [2.45, 2.75) is 6.42 Å². The summed E-state index contributed by atoms with van der Waals surface area (Å²) < 4.78 is 0. The van der Waals surface area contributed by atoms with Crippen LogP contribution in [0.1, 0.15) is 5.56 Å². The molecule has 100 valence electrons. The molecule has 0 saturated heterocycles. The molecule has 1 aliphatic rings. The van der Waals surface area contributed by atoms with Gasteiger partial charge in [0.05, 0.1) is 17.8 Å². The lowest BCUT2D eigenvalue weighted by atomic mass is 10.1. The Kier molecular flexibility index (Phi) is 3.16. The van der Waals surface area contributed by atoms with Crippen LogP contribution in [0, 0.1) is 0 Å². The van der Waals surface area contributed by atoms with E-state index in [2.05, 4.69) is 10.3 Å². The molecular formula is C15H13N3O2. The quantitative estimate of drug-likeness (QED) is 0.899. The van der Waals surface area contributed by atoms with Crippen LogP contribution in [-0.4, -0.2) is 23.3 Å². The van der Waals surface area contributed by atoms with Gasteiger partial charge in [-0.3, -0.25) is 14.6 Å². The molecule has 0 spiro atoms. The Labute approximate surface area is 116 Å². The van der Waals surface area contributed by atoms with Gasteiger partial charge in [0.1, 0.15) is 6.54 Å². The van der Waals surface area contributed by atoms with Crippen LogP contribution in [-0.2, 0) is 16.0 Å². The van der Waals surface area contributed by atoms with Crippen LogP contribution in [0.3, 0.4) is 0 Å². The van der Waals surface area contributed by atoms with Crippen molar-refractivity contribution in [1.82, 2.24) is 4.98 Å². The molecule has 1 aromatic heterocycles. The number of hydrogen-bond acceptors (Lipinski definition) is 3. The maximum atomic E-state index is 12.4. The van der Waals surface area contributed by atoms with E-state index >= 15 is 0 Å². The molecule has 0 radical (unpaired) electrons. The topological polar surface area (TPSA) is 62.3 Å². The Morgan fingerprint density at radius 1 is 1.25 bits per heavy atom. The van der Waals surface area contributed by atoms with Gasteiger partial charge in [-0.05, 0) is 23.8 Å². The maximum Gasteiger partial charge on any atom is 0.244 e. The number of carbonyl (C=O) groups is 2. The highest BCUT2D eigenvalue weighted by molar-refractivity contribution is 6.10. The molecule has 0 fully saturated rings. The molecule has 0 saturated carbocycles. The number of aromatic nitrogens is 1. The molecule has 1 N–H and O–H groups in total. The second-order valence-electron chi connectivity index (χ2n) is 4.58. The highest BCUT2D eigenvalue weighted by Gasteiger charge is 2.26. The second-order valence-corrected chi connectivity index (χ2v) is 4.58. The van der Waals surface area contributed by atoms with Crippen molar-refractivity contribution < 1.29 is 9.59 Å². The normalized spacial score (nSPS) is 13.6. The lowest BCUT2D eigenvalue weighted by Crippen LogP contribution is -2.42. The number of benzene rings is 1. The van der Waals surface area contributed by atoms with Gasteiger partial charge in [-0.15, -0.1) is 0 Å². The summed E-state index contributed by atoms with van der Waals surface area (Å²) in [7, 11) is 0. The molecular weight excluding hydrogens is 254 g/mol. The van der Waals surface area contributed by atoms with E-state index in [1.807, 2.05) is 24.3 Å². The van der Waals surface area contributed by atoms with Gasteiger partial charge < -0.3 is 10.2 Å². The molecule has 0 bridgehead atoms. The predicted molar refractivity (Wildman–Crippen MR) is 75.4 cm³/mol. The average molecular weight is 267 g/mol. The summed E-state index contributed by atoms with van der Waals surface area (Å²) >= 11 is 0. The lowest BCUT2D eigenvalue weighted by Gasteiger charge is -2.29. The minimum absolute atomic E-state index is 0.0517. The minimum Gasteiger partial charge on any atom is -0.323 e. The number of hydrogen-bond donors (Lipinski definition) is 1. The van der Waals surface area contributed by atoms with Gasteiger partial charge in [-0.1, -0.05) is 18.2 Å². The molecule has 1 aromatic carbocycles. The zero-order valence-electron chi connectivity index (χ0n) is 10.7. The highest BCUT2D eigenvalue weighted by atomic mass is 16.2. The maximum absolute atomic E-state index is 12.4. The Balaban J connectivity index is 1.87. The number of carbonyl (C=O) groups excluding carboxylic acids is 2. The van der Waals surface area contributed by atoms with E-state index in [9.17, 15) is 9.59 Å². The van der Waals surface area contributed by atoms with E-state index in [-0.39, 0.29) is 24.8 Å². The molecule has 2 amide bonds. The molecule has 2 aromatic rings. The van der Waals surface area contributed by atoms with Crippen molar-refractivity contribution >= 4 is 23.2 Å². The number of rotatable bonds is 2. The fraction of sp³-hybridized carbons (Fsp3) is 0.133. The van der Waals surface area contributed by atoms with Crippen molar-refractivity contribution in [2.75, 3.05) is 16.8 Å². The smallest absolute Gasteiger partial charge is 0.244 e. The zero-order valence-corrected chi connectivity index (χ0v) is 10.7. The molecule has 20 heavy (non-hydrogen) atoms. The summed E-state index contributed by atoms with van der Waals surface area (Å²) in [5.74, 6) is -0.288. The standard InChI is InChI=1S/C15H13N3O2/c19-14-10-18(13-6-2-1-5-12(13)17-14)15(20)8-11-4-3-7-16-9-11/h1-7,9H,8,10H2,(H,17,19). The van der Waals surface area contributed by atoms with Gasteiger partial charge in [0.15, 0.2) is 0 Å². The van der Waals surface area contributed by atoms with Crippen molar-refractivity contribution in [3.05, 3.63) is 54.4 Å². The fourth-order valence-corrected chi connectivity index (χ4v) is 2.23. The number of fused-ring (bicyclic) bond motifs is 1. The summed E-state index contributed by atoms with van der Waals surface area (Å²) in [6.45, 7) is 0.0517. The van der Waals surface area contributed by atoms with Gasteiger partial charge in [-0.2, -0.15) is 0 Å². The van der Waals surface area contributed by atoms with Crippen LogP contribution >= 0.6 is 0 Å². The molecule has 0 unspecified atom stereocenters. The Morgan fingerprint density at radius 3 is 2.90 bits per heavy atom. The number of nitrogens with zero attached hydrogens (tertiary/aromatic N) is 2. The monoisotopic (exact) mass is 267 g/mol. The molecule has 5 nitrogen and oxygen atoms in total. The van der Waals surface area contributed by atoms with Crippen molar-refractivity contribution in [2.24, 2.45) is 0 Å². The first-order chi connectivity index (χ1) is 9.74. The number of nitrogens with one attached hydrogen (secondary N) is 1. The predicted octanol–water partition coefficient (Wildman–Crippen LogP) is 1.61. The van der Waals surface area contributed by atoms with E-state index in [0.29, 0.717) is 5.69 Å². The van der Waals surface area contributed by atoms with E-state index in [1.54, 1.807) is 24.5 Å². The van der Waals surface area contributed by atoms with Crippen LogP contribution in [0.15, 0.2) is 48.8 Å². The number of amides is 2. The van der Waals surface area contributed by atoms with Gasteiger partial charge in [0, 0.05) is 12.4 Å². The average Bonchev–Trinajstić information content (AvgIpc) is 2.47. The number of pyridine rings is 1. The van der Waals surface area contributed by atoms with Gasteiger partial charge >= 0.3 is 0 Å². The molecule has 1 aliphatic heterocycles. The first kappa shape index (κ1) is 12.3. The summed E-state index contributed by atoms with van der Waals surface area (Å²) in [6.07, 6.45) is 3.56. The third kappa shape index (κ3) is 2.38. The van der Waals surface area contributed by atoms with Crippen LogP contribution in [0.5, 0.6) is 0 Å². The first-order valence-corrected chi connectivity index (χ1v) is 6.32. The van der Waals surface area contributed by atoms with E-state index < -0.39 is 0 Å². The summed E-state index contributed by atoms with van der Waals surface area (Å²) in [5.41, 5.74) is 2.24. The fourth-order valence-electron chi connectivity index (χ4n) is 2.23. The van der Waals surface area contributed by atoms with E-state index in [1.165, 1.54) is 4.90 Å². The SMILES string of the molecule is O=C1CN(C(=O)Cc2cccnc2)c2ccccc2N1. The van der Waals surface area contributed by atoms with E-state index in [4.69, 9.17) is 0 Å². The van der Waals surface area contributed by atoms with Gasteiger partial charge in [-0.25, -0.2) is 0 Å². The molecule has 0 atom stereocenters. The van der Waals surface area contributed by atoms with Crippen molar-refractivity contribution in [3.8, 4) is 0 Å². The van der Waals surface area contributed by atoms with Gasteiger partial charge in [0.25, 0.3) is 0 Å². The molecule has 3 rings (SSSR count). The van der Waals surface area contributed by atoms with E-state index in [0.717, 1.165) is 11.3 Å². The number of para-hydroxylation sites is 2. The molecule has 5 heteroatoms. The van der Waals surface area contributed by atoms with Crippen molar-refractivity contribution in [1.29, 1.82) is 0 Å². The Hall–Kier alpha value is -2.69. The highest BCUT2D eigenvalue weighted by Crippen LogP contribution is 2.29. The van der Waals surface area contributed by atoms with Gasteiger partial charge in [0.2, 0.25) is 11.8 Å². The van der Waals surface area contributed by atoms with Crippen molar-refractivity contribution in [3.63, 3.8) is 0 Å². The summed E-state index contributed by atoms with van der Waals surface area (Å²) in [5, 5.41) is 2.76. The summed E-state index contributed by atoms with van der Waals surface area (Å²) in [6, 6.07) is 10.9. The third-order valence-electron chi connectivity index (χ3n) is 3.15. The molecule has 2 heterocycles. The summed E-state index contributed by atoms with van der Waals surface area (Å²) in [4.78, 5) is 29.6. The Bertz CT molecular complexity index is 655. The largest absolute Gasteiger partial charge is 0.323 e. The third-order valence-corrected chi connectivity index (χ3v) is 3.15. The van der Waals surface area contributed by atoms with Crippen LogP contribution in [0.4, 0.5) is 11.4 Å². The lowest BCUT2D eigenvalue weighted by molar-refractivity contribution is -0.121. The number of anilines is 2. The molecule has 0 aliphatic carbocycles. The van der Waals surface area contributed by atoms with Crippen LogP contribution in [0.25, 0.3) is 0 Å². The minimum atomic E-state index is -0.178. The second kappa shape index (κ2) is 5.13. The Morgan fingerprint density at radius 2 is 2.10 bits per heavy atom. The van der Waals surface area contributed by atoms with Crippen LogP contribution in [0.2, 0.25) is 0 Å².